The summed E-state index contributed by atoms with van der Waals surface area (Å²) in [5.74, 6) is 1.27. The van der Waals surface area contributed by atoms with E-state index in [9.17, 15) is 0 Å². The summed E-state index contributed by atoms with van der Waals surface area (Å²) in [5.41, 5.74) is 3.17. The summed E-state index contributed by atoms with van der Waals surface area (Å²) < 4.78 is 5.18. The molecule has 0 bridgehead atoms. The van der Waals surface area contributed by atoms with E-state index < -0.39 is 0 Å². The number of hydrogen-bond acceptors (Lipinski definition) is 3. The molecule has 0 saturated heterocycles. The average Bonchev–Trinajstić information content (AvgIpc) is 2.53. The summed E-state index contributed by atoms with van der Waals surface area (Å²) in [6.07, 6.45) is 5.02. The smallest absolute Gasteiger partial charge is 0.119 e. The molecule has 112 valence electrons. The van der Waals surface area contributed by atoms with Gasteiger partial charge in [-0.15, -0.1) is 11.6 Å². The molecular formula is C17H21ClN2O. The van der Waals surface area contributed by atoms with E-state index in [1.54, 1.807) is 7.11 Å². The molecule has 21 heavy (non-hydrogen) atoms. The van der Waals surface area contributed by atoms with Crippen molar-refractivity contribution in [1.82, 2.24) is 0 Å². The number of rotatable bonds is 7. The number of halogens is 1. The lowest BCUT2D eigenvalue weighted by Crippen LogP contribution is -2.17. The van der Waals surface area contributed by atoms with Gasteiger partial charge in [0.1, 0.15) is 5.75 Å². The average molecular weight is 305 g/mol. The number of ether oxygens (including phenoxy) is 1. The van der Waals surface area contributed by atoms with Crippen LogP contribution in [0.2, 0.25) is 0 Å². The monoisotopic (exact) mass is 304 g/mol. The highest BCUT2D eigenvalue weighted by molar-refractivity contribution is 6.18. The van der Waals surface area contributed by atoms with Crippen LogP contribution in [0.1, 0.15) is 19.8 Å². The number of methoxy groups -OCH3 is 1. The molecule has 3 nitrogen and oxygen atoms in total. The number of allylic oxidation sites excluding steroid dienone is 4. The number of hydrogen-bond donors (Lipinski definition) is 0. The molecule has 1 aromatic rings. The standard InChI is InChI=1S/C17H21ClN2O/c1-4-17(14(11-13-19)6-5-12-18)20(2)15-7-9-16(21-3)10-8-15/h5-10H,4,11-12H2,1-3H3/b6-5-,17-14-. The van der Waals surface area contributed by atoms with Gasteiger partial charge in [0, 0.05) is 24.3 Å². The number of anilines is 1. The quantitative estimate of drug-likeness (QED) is 0.549. The Bertz CT molecular complexity index is 541. The van der Waals surface area contributed by atoms with Gasteiger partial charge in [0.2, 0.25) is 0 Å². The Kier molecular flexibility index (Phi) is 7.42. The largest absolute Gasteiger partial charge is 0.497 e. The molecule has 0 aliphatic heterocycles. The van der Waals surface area contributed by atoms with Crippen LogP contribution in [0, 0.1) is 11.3 Å². The van der Waals surface area contributed by atoms with Crippen molar-refractivity contribution in [2.24, 2.45) is 0 Å². The first kappa shape index (κ1) is 17.1. The van der Waals surface area contributed by atoms with Crippen molar-refractivity contribution in [3.05, 3.63) is 47.7 Å². The van der Waals surface area contributed by atoms with Gasteiger partial charge in [-0.2, -0.15) is 5.26 Å². The van der Waals surface area contributed by atoms with Crippen molar-refractivity contribution < 1.29 is 4.74 Å². The van der Waals surface area contributed by atoms with Crippen molar-refractivity contribution in [3.63, 3.8) is 0 Å². The van der Waals surface area contributed by atoms with Crippen LogP contribution in [0.4, 0.5) is 5.69 Å². The third-order valence-electron chi connectivity index (χ3n) is 3.25. The molecule has 0 aliphatic carbocycles. The maximum absolute atomic E-state index is 9.01. The highest BCUT2D eigenvalue weighted by atomic mass is 35.5. The zero-order valence-electron chi connectivity index (χ0n) is 12.8. The van der Waals surface area contributed by atoms with Gasteiger partial charge in [-0.25, -0.2) is 0 Å². The van der Waals surface area contributed by atoms with E-state index in [4.69, 9.17) is 21.6 Å². The molecule has 1 rings (SSSR count). The second-order valence-corrected chi connectivity index (χ2v) is 4.78. The van der Waals surface area contributed by atoms with Crippen LogP contribution in [0.3, 0.4) is 0 Å². The molecule has 4 heteroatoms. The lowest BCUT2D eigenvalue weighted by atomic mass is 10.1. The fourth-order valence-electron chi connectivity index (χ4n) is 2.17. The predicted molar refractivity (Wildman–Crippen MR) is 88.8 cm³/mol. The van der Waals surface area contributed by atoms with Crippen LogP contribution in [-0.2, 0) is 0 Å². The lowest BCUT2D eigenvalue weighted by molar-refractivity contribution is 0.415. The third kappa shape index (κ3) is 4.84. The highest BCUT2D eigenvalue weighted by Gasteiger charge is 2.10. The Balaban J connectivity index is 3.14. The molecule has 0 fully saturated rings. The van der Waals surface area contributed by atoms with Crippen LogP contribution in [0.15, 0.2) is 47.7 Å². The van der Waals surface area contributed by atoms with Crippen molar-refractivity contribution in [2.45, 2.75) is 19.8 Å². The van der Waals surface area contributed by atoms with Gasteiger partial charge in [-0.1, -0.05) is 19.1 Å². The molecule has 0 atom stereocenters. The molecule has 1 aromatic carbocycles. The van der Waals surface area contributed by atoms with E-state index in [-0.39, 0.29) is 0 Å². The highest BCUT2D eigenvalue weighted by Crippen LogP contribution is 2.25. The van der Waals surface area contributed by atoms with E-state index in [0.29, 0.717) is 12.3 Å². The zero-order valence-corrected chi connectivity index (χ0v) is 13.5. The first-order chi connectivity index (χ1) is 10.2. The maximum atomic E-state index is 9.01. The van der Waals surface area contributed by atoms with Crippen LogP contribution >= 0.6 is 11.6 Å². The minimum Gasteiger partial charge on any atom is -0.497 e. The van der Waals surface area contributed by atoms with E-state index in [2.05, 4.69) is 17.9 Å². The summed E-state index contributed by atoms with van der Waals surface area (Å²) in [5, 5.41) is 9.01. The van der Waals surface area contributed by atoms with Crippen molar-refractivity contribution in [3.8, 4) is 11.8 Å². The molecule has 0 spiro atoms. The summed E-state index contributed by atoms with van der Waals surface area (Å²) in [4.78, 5) is 2.10. The second-order valence-electron chi connectivity index (χ2n) is 4.47. The molecule has 0 aromatic heterocycles. The van der Waals surface area contributed by atoms with Gasteiger partial charge in [0.15, 0.2) is 0 Å². The van der Waals surface area contributed by atoms with Crippen molar-refractivity contribution in [1.29, 1.82) is 5.26 Å². The van der Waals surface area contributed by atoms with Crippen LogP contribution in [0.25, 0.3) is 0 Å². The summed E-state index contributed by atoms with van der Waals surface area (Å²) in [6, 6.07) is 10.1. The Morgan fingerprint density at radius 2 is 2.05 bits per heavy atom. The second kappa shape index (κ2) is 9.10. The predicted octanol–water partition coefficient (Wildman–Crippen LogP) is 4.50. The third-order valence-corrected chi connectivity index (χ3v) is 3.43. The number of nitrogens with zero attached hydrogens (tertiary/aromatic N) is 2. The first-order valence-corrected chi connectivity index (χ1v) is 7.40. The molecule has 0 heterocycles. The molecule has 0 radical (unpaired) electrons. The minimum absolute atomic E-state index is 0.372. The summed E-state index contributed by atoms with van der Waals surface area (Å²) in [6.45, 7) is 2.08. The Morgan fingerprint density at radius 3 is 2.52 bits per heavy atom. The number of alkyl halides is 1. The van der Waals surface area contributed by atoms with E-state index in [1.807, 2.05) is 43.5 Å². The van der Waals surface area contributed by atoms with Crippen LogP contribution < -0.4 is 9.64 Å². The first-order valence-electron chi connectivity index (χ1n) is 6.87. The summed E-state index contributed by atoms with van der Waals surface area (Å²) >= 11 is 5.70. The van der Waals surface area contributed by atoms with E-state index in [1.165, 1.54) is 0 Å². The van der Waals surface area contributed by atoms with E-state index >= 15 is 0 Å². The Hall–Kier alpha value is -1.92. The number of nitriles is 1. The minimum atomic E-state index is 0.372. The number of benzene rings is 1. The normalized spacial score (nSPS) is 12.0. The molecular weight excluding hydrogens is 284 g/mol. The topological polar surface area (TPSA) is 36.3 Å². The Labute approximate surface area is 132 Å². The molecule has 0 N–H and O–H groups in total. The maximum Gasteiger partial charge on any atom is 0.119 e. The summed E-state index contributed by atoms with van der Waals surface area (Å²) in [7, 11) is 3.66. The Morgan fingerprint density at radius 1 is 1.38 bits per heavy atom. The SMILES string of the molecule is CC/C(=C(\C=C/CCl)CC#N)N(C)c1ccc(OC)cc1. The molecule has 0 unspecified atom stereocenters. The van der Waals surface area contributed by atoms with Crippen LogP contribution in [-0.4, -0.2) is 20.0 Å². The lowest BCUT2D eigenvalue weighted by Gasteiger charge is -2.24. The zero-order chi connectivity index (χ0) is 15.7. The van der Waals surface area contributed by atoms with Crippen molar-refractivity contribution in [2.75, 3.05) is 24.9 Å². The van der Waals surface area contributed by atoms with Gasteiger partial charge in [0.25, 0.3) is 0 Å². The van der Waals surface area contributed by atoms with Gasteiger partial charge in [0.05, 0.1) is 19.6 Å². The molecule has 0 saturated carbocycles. The van der Waals surface area contributed by atoms with Crippen molar-refractivity contribution >= 4 is 17.3 Å². The molecule has 0 amide bonds. The van der Waals surface area contributed by atoms with Gasteiger partial charge >= 0.3 is 0 Å². The van der Waals surface area contributed by atoms with E-state index in [0.717, 1.165) is 29.1 Å². The van der Waals surface area contributed by atoms with Crippen LogP contribution in [0.5, 0.6) is 5.75 Å². The van der Waals surface area contributed by atoms with Gasteiger partial charge in [-0.05, 0) is 36.3 Å². The fraction of sp³-hybridized carbons (Fsp3) is 0.353. The van der Waals surface area contributed by atoms with Gasteiger partial charge < -0.3 is 9.64 Å². The fourth-order valence-corrected chi connectivity index (χ4v) is 2.26. The molecule has 0 aliphatic rings. The van der Waals surface area contributed by atoms with Gasteiger partial charge in [-0.3, -0.25) is 0 Å².